The van der Waals surface area contributed by atoms with Gasteiger partial charge in [-0.05, 0) is 19.1 Å². The highest BCUT2D eigenvalue weighted by Crippen LogP contribution is 1.84. The van der Waals surface area contributed by atoms with Crippen LogP contribution in [0.15, 0.2) is 36.6 Å². The molecule has 0 aromatic rings. The van der Waals surface area contributed by atoms with E-state index in [1.807, 2.05) is 19.1 Å². The maximum atomic E-state index is 5.40. The quantitative estimate of drug-likeness (QED) is 0.535. The Morgan fingerprint density at radius 3 is 2.62 bits per heavy atom. The molecule has 0 aliphatic carbocycles. The van der Waals surface area contributed by atoms with E-state index in [9.17, 15) is 0 Å². The predicted octanol–water partition coefficient (Wildman–Crippen LogP) is 1.59. The van der Waals surface area contributed by atoms with Crippen LogP contribution in [0.1, 0.15) is 6.92 Å². The highest BCUT2D eigenvalue weighted by Gasteiger charge is 1.71. The van der Waals surface area contributed by atoms with Crippen molar-refractivity contribution < 1.29 is 0 Å². The lowest BCUT2D eigenvalue weighted by atomic mass is 10.4. The van der Waals surface area contributed by atoms with Crippen molar-refractivity contribution in [2.45, 2.75) is 6.92 Å². The van der Waals surface area contributed by atoms with Crippen LogP contribution in [0.25, 0.3) is 0 Å². The summed E-state index contributed by atoms with van der Waals surface area (Å²) in [4.78, 5) is 0. The molecule has 0 saturated heterocycles. The van der Waals surface area contributed by atoms with E-state index in [1.54, 1.807) is 12.2 Å². The maximum absolute atomic E-state index is 5.40. The zero-order chi connectivity index (χ0) is 6.41. The summed E-state index contributed by atoms with van der Waals surface area (Å²) in [6.07, 6.45) is 7.12. The van der Waals surface area contributed by atoms with Crippen molar-refractivity contribution in [2.24, 2.45) is 5.73 Å². The number of allylic oxidation sites excluding steroid dienone is 4. The average molecular weight is 109 g/mol. The smallest absolute Gasteiger partial charge is 0.0310 e. The molecule has 0 rings (SSSR count). The third-order valence-corrected chi connectivity index (χ3v) is 0.669. The van der Waals surface area contributed by atoms with Gasteiger partial charge >= 0.3 is 0 Å². The molecule has 0 heterocycles. The summed E-state index contributed by atoms with van der Waals surface area (Å²) in [5.74, 6) is 0. The van der Waals surface area contributed by atoms with Gasteiger partial charge in [-0.3, -0.25) is 0 Å². The van der Waals surface area contributed by atoms with Crippen LogP contribution in [0.5, 0.6) is 0 Å². The van der Waals surface area contributed by atoms with Gasteiger partial charge in [-0.25, -0.2) is 0 Å². The summed E-state index contributed by atoms with van der Waals surface area (Å²) in [5, 5.41) is 0. The van der Waals surface area contributed by atoms with Crippen LogP contribution in [0.3, 0.4) is 0 Å². The van der Waals surface area contributed by atoms with Crippen LogP contribution in [0.4, 0.5) is 0 Å². The molecule has 0 aromatic heterocycles. The van der Waals surface area contributed by atoms with Gasteiger partial charge in [0.1, 0.15) is 0 Å². The largest absolute Gasteiger partial charge is 0.399 e. The van der Waals surface area contributed by atoms with Gasteiger partial charge in [0.2, 0.25) is 0 Å². The maximum Gasteiger partial charge on any atom is 0.0310 e. The van der Waals surface area contributed by atoms with E-state index in [0.717, 1.165) is 5.70 Å². The van der Waals surface area contributed by atoms with E-state index in [2.05, 4.69) is 6.58 Å². The highest BCUT2D eigenvalue weighted by atomic mass is 14.5. The van der Waals surface area contributed by atoms with E-state index >= 15 is 0 Å². The lowest BCUT2D eigenvalue weighted by molar-refractivity contribution is 1.42. The van der Waals surface area contributed by atoms with Gasteiger partial charge in [0.25, 0.3) is 0 Å². The molecular weight excluding hydrogens is 98.1 g/mol. The van der Waals surface area contributed by atoms with Crippen molar-refractivity contribution in [3.63, 3.8) is 0 Å². The van der Waals surface area contributed by atoms with Crippen molar-refractivity contribution in [1.82, 2.24) is 0 Å². The topological polar surface area (TPSA) is 26.0 Å². The molecule has 0 atom stereocenters. The molecule has 1 heteroatoms. The number of hydrogen-bond donors (Lipinski definition) is 1. The second-order valence-electron chi connectivity index (χ2n) is 1.40. The molecule has 8 heavy (non-hydrogen) atoms. The molecule has 0 amide bonds. The van der Waals surface area contributed by atoms with Crippen LogP contribution in [-0.4, -0.2) is 0 Å². The normalized spacial score (nSPS) is 12.4. The lowest BCUT2D eigenvalue weighted by Gasteiger charge is -1.84. The molecule has 0 spiro atoms. The second kappa shape index (κ2) is 4.19. The Balaban J connectivity index is 3.79. The Hall–Kier alpha value is -0.980. The second-order valence-corrected chi connectivity index (χ2v) is 1.40. The van der Waals surface area contributed by atoms with Crippen molar-refractivity contribution in [2.75, 3.05) is 0 Å². The third kappa shape index (κ3) is 3.22. The minimum atomic E-state index is 0.738. The SMILES string of the molecule is C=CC=C(N)C=CC. The molecule has 0 bridgehead atoms. The van der Waals surface area contributed by atoms with Gasteiger partial charge in [0.15, 0.2) is 0 Å². The zero-order valence-corrected chi connectivity index (χ0v) is 5.09. The Bertz CT molecular complexity index is 120. The lowest BCUT2D eigenvalue weighted by Crippen LogP contribution is -1.90. The summed E-state index contributed by atoms with van der Waals surface area (Å²) in [7, 11) is 0. The first kappa shape index (κ1) is 7.02. The van der Waals surface area contributed by atoms with Crippen molar-refractivity contribution in [3.05, 3.63) is 36.6 Å². The Morgan fingerprint density at radius 1 is 1.62 bits per heavy atom. The van der Waals surface area contributed by atoms with Gasteiger partial charge in [-0.1, -0.05) is 18.7 Å². The molecule has 0 aromatic carbocycles. The first-order chi connectivity index (χ1) is 3.81. The van der Waals surface area contributed by atoms with Crippen LogP contribution >= 0.6 is 0 Å². The number of hydrogen-bond acceptors (Lipinski definition) is 1. The van der Waals surface area contributed by atoms with E-state index in [0.29, 0.717) is 0 Å². The molecule has 0 aliphatic rings. The molecule has 0 fully saturated rings. The molecule has 1 nitrogen and oxygen atoms in total. The fourth-order valence-electron chi connectivity index (χ4n) is 0.384. The summed E-state index contributed by atoms with van der Waals surface area (Å²) >= 11 is 0. The van der Waals surface area contributed by atoms with Crippen molar-refractivity contribution >= 4 is 0 Å². The molecule has 0 radical (unpaired) electrons. The van der Waals surface area contributed by atoms with Crippen LogP contribution < -0.4 is 5.73 Å². The minimum absolute atomic E-state index is 0.738. The van der Waals surface area contributed by atoms with Crippen molar-refractivity contribution in [1.29, 1.82) is 0 Å². The molecule has 0 saturated carbocycles. The van der Waals surface area contributed by atoms with Gasteiger partial charge in [0, 0.05) is 5.70 Å². The number of nitrogens with two attached hydrogens (primary N) is 1. The highest BCUT2D eigenvalue weighted by molar-refractivity contribution is 5.18. The summed E-state index contributed by atoms with van der Waals surface area (Å²) in [5.41, 5.74) is 6.14. The fraction of sp³-hybridized carbons (Fsp3) is 0.143. The van der Waals surface area contributed by atoms with Gasteiger partial charge < -0.3 is 5.73 Å². The summed E-state index contributed by atoms with van der Waals surface area (Å²) in [6, 6.07) is 0. The average Bonchev–Trinajstić information content (AvgIpc) is 1.68. The first-order valence-corrected chi connectivity index (χ1v) is 2.52. The van der Waals surface area contributed by atoms with Crippen LogP contribution in [0, 0.1) is 0 Å². The monoisotopic (exact) mass is 109 g/mol. The Labute approximate surface area is 50.2 Å². The third-order valence-electron chi connectivity index (χ3n) is 0.669. The molecule has 0 aliphatic heterocycles. The van der Waals surface area contributed by atoms with E-state index in [-0.39, 0.29) is 0 Å². The van der Waals surface area contributed by atoms with Gasteiger partial charge in [0.05, 0.1) is 0 Å². The Kier molecular flexibility index (Phi) is 3.67. The first-order valence-electron chi connectivity index (χ1n) is 2.52. The Morgan fingerprint density at radius 2 is 2.25 bits per heavy atom. The van der Waals surface area contributed by atoms with Crippen molar-refractivity contribution in [3.8, 4) is 0 Å². The molecular formula is C7H11N. The molecule has 44 valence electrons. The van der Waals surface area contributed by atoms with E-state index in [1.165, 1.54) is 0 Å². The van der Waals surface area contributed by atoms with Crippen LogP contribution in [-0.2, 0) is 0 Å². The van der Waals surface area contributed by atoms with Gasteiger partial charge in [-0.2, -0.15) is 0 Å². The number of rotatable bonds is 2. The summed E-state index contributed by atoms with van der Waals surface area (Å²) < 4.78 is 0. The fourth-order valence-corrected chi connectivity index (χ4v) is 0.384. The van der Waals surface area contributed by atoms with E-state index < -0.39 is 0 Å². The van der Waals surface area contributed by atoms with Crippen LogP contribution in [0.2, 0.25) is 0 Å². The molecule has 2 N–H and O–H groups in total. The predicted molar refractivity (Wildman–Crippen MR) is 37.3 cm³/mol. The molecule has 0 unspecified atom stereocenters. The van der Waals surface area contributed by atoms with E-state index in [4.69, 9.17) is 5.73 Å². The standard InChI is InChI=1S/C7H11N/c1-3-5-7(8)6-4-2/h3-6H,1,8H2,2H3. The minimum Gasteiger partial charge on any atom is -0.399 e. The van der Waals surface area contributed by atoms with Gasteiger partial charge in [-0.15, -0.1) is 0 Å². The zero-order valence-electron chi connectivity index (χ0n) is 5.09. The summed E-state index contributed by atoms with van der Waals surface area (Å²) in [6.45, 7) is 5.41.